The summed E-state index contributed by atoms with van der Waals surface area (Å²) in [6, 6.07) is 29.1. The van der Waals surface area contributed by atoms with Crippen LogP contribution in [0.25, 0.3) is 0 Å². The van der Waals surface area contributed by atoms with Crippen LogP contribution in [0.15, 0.2) is 84.9 Å². The van der Waals surface area contributed by atoms with Gasteiger partial charge < -0.3 is 30.3 Å². The summed E-state index contributed by atoms with van der Waals surface area (Å²) < 4.78 is 0. The zero-order valence-electron chi connectivity index (χ0n) is 9.94. The van der Waals surface area contributed by atoms with Gasteiger partial charge in [-0.3, -0.25) is 0 Å². The van der Waals surface area contributed by atoms with Crippen LogP contribution in [-0.4, -0.2) is 0 Å². The van der Waals surface area contributed by atoms with E-state index < -0.39 is 0 Å². The van der Waals surface area contributed by atoms with E-state index >= 15 is 0 Å². The third-order valence-electron chi connectivity index (χ3n) is 2.28. The van der Waals surface area contributed by atoms with Crippen molar-refractivity contribution in [2.45, 2.75) is 0 Å². The van der Waals surface area contributed by atoms with E-state index in [9.17, 15) is 0 Å². The molecule has 0 aromatic heterocycles. The molecular weight excluding hydrogens is 279 g/mol. The van der Waals surface area contributed by atoms with Crippen molar-refractivity contribution in [2.24, 2.45) is 0 Å². The van der Waals surface area contributed by atoms with Gasteiger partial charge in [0.05, 0.1) is 0 Å². The van der Waals surface area contributed by atoms with Crippen LogP contribution >= 0.6 is 8.58 Å². The van der Waals surface area contributed by atoms with Crippen LogP contribution in [-0.2, 0) is 17.1 Å². The predicted octanol–water partition coefficient (Wildman–Crippen LogP) is 3.44. The van der Waals surface area contributed by atoms with Gasteiger partial charge >= 0.3 is 0 Å². The van der Waals surface area contributed by atoms with E-state index in [1.165, 1.54) is 10.6 Å². The van der Waals surface area contributed by atoms with Crippen molar-refractivity contribution in [3.05, 3.63) is 84.9 Å². The first-order valence-electron chi connectivity index (χ1n) is 5.65. The van der Waals surface area contributed by atoms with E-state index in [4.69, 9.17) is 0 Å². The number of rotatable bonds is 2. The summed E-state index contributed by atoms with van der Waals surface area (Å²) in [7, 11) is 0.801. The van der Waals surface area contributed by atoms with Gasteiger partial charge in [-0.2, -0.15) is 12.1 Å². The Morgan fingerprint density at radius 3 is 1.72 bits per heavy atom. The largest absolute Gasteiger partial charge is 0.748 e. The Bertz CT molecular complexity index is 466. The third kappa shape index (κ3) is 5.47. The molecule has 98 valence electrons. The predicted molar refractivity (Wildman–Crippen MR) is 78.1 cm³/mol. The van der Waals surface area contributed by atoms with Gasteiger partial charge in [-0.15, -0.1) is 13.9 Å². The molecule has 0 heterocycles. The molecule has 0 fully saturated rings. The first kappa shape index (κ1) is 14.9. The molecule has 0 aliphatic heterocycles. The van der Waals surface area contributed by atoms with Crippen molar-refractivity contribution in [1.82, 2.24) is 0 Å². The van der Waals surface area contributed by atoms with E-state index in [2.05, 4.69) is 54.6 Å². The topological polar surface area (TPSA) is 0 Å². The zero-order valence-corrected chi connectivity index (χ0v) is 12.0. The van der Waals surface area contributed by atoms with Gasteiger partial charge in [0, 0.05) is 17.1 Å². The maximum absolute atomic E-state index is 2.17. The molecule has 0 bridgehead atoms. The zero-order chi connectivity index (χ0) is 11.8. The van der Waals surface area contributed by atoms with E-state index in [1.807, 2.05) is 30.3 Å². The molecule has 3 aromatic rings. The smallest absolute Gasteiger partial charge is 0 e. The second-order valence-electron chi connectivity index (χ2n) is 3.63. The van der Waals surface area contributed by atoms with Gasteiger partial charge in [-0.05, 0) is 5.30 Å². The maximum atomic E-state index is 2.17. The molecule has 3 rings (SSSR count). The van der Waals surface area contributed by atoms with Gasteiger partial charge in [-0.25, -0.2) is 12.1 Å². The average molecular weight is 294 g/mol. The Balaban J connectivity index is 0.000000230. The molecule has 0 saturated heterocycles. The minimum atomic E-state index is 0. The van der Waals surface area contributed by atoms with Crippen molar-refractivity contribution in [3.8, 4) is 0 Å². The van der Waals surface area contributed by atoms with Crippen LogP contribution in [0, 0.1) is 0 Å². The Hall–Kier alpha value is -1.13. The summed E-state index contributed by atoms with van der Waals surface area (Å²) in [6.45, 7) is 0. The van der Waals surface area contributed by atoms with Gasteiger partial charge in [-0.1, -0.05) is 30.3 Å². The molecule has 0 amide bonds. The van der Waals surface area contributed by atoms with Crippen molar-refractivity contribution < 1.29 is 17.1 Å². The standard InChI is InChI=1S/C11H10P.C5H5.Fe/c1-2-6-10(7-3-1)12-11-8-4-5-9-11;1-2-4-5-3-1;/h1-9,12H;1-5H;/q-1;-5;. The number of hydrogen-bond donors (Lipinski definition) is 0. The van der Waals surface area contributed by atoms with Crippen molar-refractivity contribution >= 4 is 19.2 Å². The summed E-state index contributed by atoms with van der Waals surface area (Å²) >= 11 is 0. The first-order valence-corrected chi connectivity index (χ1v) is 6.65. The van der Waals surface area contributed by atoms with Crippen LogP contribution in [0.5, 0.6) is 0 Å². The molecular formula is C16H15FeP-6. The molecule has 0 aliphatic rings. The minimum Gasteiger partial charge on any atom is -0.748 e. The molecule has 3 aromatic carbocycles. The quantitative estimate of drug-likeness (QED) is 0.386. The molecule has 0 radical (unpaired) electrons. The second kappa shape index (κ2) is 8.89. The summed E-state index contributed by atoms with van der Waals surface area (Å²) in [5.74, 6) is 0. The molecule has 0 saturated carbocycles. The van der Waals surface area contributed by atoms with E-state index in [-0.39, 0.29) is 17.1 Å². The van der Waals surface area contributed by atoms with Gasteiger partial charge in [0.25, 0.3) is 0 Å². The Labute approximate surface area is 121 Å². The van der Waals surface area contributed by atoms with E-state index in [1.54, 1.807) is 0 Å². The summed E-state index contributed by atoms with van der Waals surface area (Å²) in [5, 5.41) is 2.82. The van der Waals surface area contributed by atoms with Gasteiger partial charge in [0.1, 0.15) is 0 Å². The Morgan fingerprint density at radius 2 is 1.22 bits per heavy atom. The SMILES string of the molecule is [Fe].[cH-]1[cH-][cH-][cH-][cH-]1.c1ccc(P[c-]2cccc2)cc1. The number of hydrogen-bond acceptors (Lipinski definition) is 0. The van der Waals surface area contributed by atoms with E-state index in [0.29, 0.717) is 0 Å². The third-order valence-corrected chi connectivity index (χ3v) is 3.52. The molecule has 2 heteroatoms. The van der Waals surface area contributed by atoms with Crippen LogP contribution in [0.1, 0.15) is 0 Å². The van der Waals surface area contributed by atoms with E-state index in [0.717, 1.165) is 8.58 Å². The van der Waals surface area contributed by atoms with Crippen molar-refractivity contribution in [3.63, 3.8) is 0 Å². The molecule has 18 heavy (non-hydrogen) atoms. The Kier molecular flexibility index (Phi) is 7.37. The molecule has 1 atom stereocenters. The summed E-state index contributed by atoms with van der Waals surface area (Å²) in [6.07, 6.45) is 0. The normalized spacial score (nSPS) is 9.56. The van der Waals surface area contributed by atoms with Crippen LogP contribution in [0.2, 0.25) is 0 Å². The average Bonchev–Trinajstić information content (AvgIpc) is 3.06. The molecule has 0 aliphatic carbocycles. The van der Waals surface area contributed by atoms with Crippen molar-refractivity contribution in [2.75, 3.05) is 0 Å². The van der Waals surface area contributed by atoms with Gasteiger partial charge in [0.15, 0.2) is 0 Å². The summed E-state index contributed by atoms with van der Waals surface area (Å²) in [5.41, 5.74) is 0. The van der Waals surface area contributed by atoms with Crippen LogP contribution in [0.3, 0.4) is 0 Å². The fourth-order valence-corrected chi connectivity index (χ4v) is 2.52. The fourth-order valence-electron chi connectivity index (χ4n) is 1.47. The number of benzene rings is 1. The maximum Gasteiger partial charge on any atom is 0 e. The van der Waals surface area contributed by atoms with Gasteiger partial charge in [0.2, 0.25) is 0 Å². The summed E-state index contributed by atoms with van der Waals surface area (Å²) in [4.78, 5) is 0. The monoisotopic (exact) mass is 294 g/mol. The molecule has 0 N–H and O–H groups in total. The molecule has 0 spiro atoms. The van der Waals surface area contributed by atoms with Crippen LogP contribution in [0.4, 0.5) is 0 Å². The minimum absolute atomic E-state index is 0. The first-order chi connectivity index (χ1) is 8.45. The Morgan fingerprint density at radius 1 is 0.722 bits per heavy atom. The molecule has 1 unspecified atom stereocenters. The fraction of sp³-hybridized carbons (Fsp3) is 0. The second-order valence-corrected chi connectivity index (χ2v) is 5.03. The van der Waals surface area contributed by atoms with Crippen LogP contribution < -0.4 is 10.6 Å². The van der Waals surface area contributed by atoms with Crippen molar-refractivity contribution in [1.29, 1.82) is 0 Å². The molecule has 0 nitrogen and oxygen atoms in total.